The molecule has 2 saturated heterocycles. The number of fused-ring (bicyclic) bond motifs is 1. The van der Waals surface area contributed by atoms with Crippen molar-refractivity contribution in [3.05, 3.63) is 21.9 Å². The molecule has 0 spiro atoms. The standard InChI is InChI=1S/C12H16IN3O/c13-10-1-2-12(14-7-10)16-4-3-15-5-6-17-9-11(15)8-16/h1-2,7,11H,3-6,8-9H2. The molecule has 2 aliphatic heterocycles. The summed E-state index contributed by atoms with van der Waals surface area (Å²) in [4.78, 5) is 9.40. The van der Waals surface area contributed by atoms with Crippen molar-refractivity contribution < 1.29 is 4.74 Å². The van der Waals surface area contributed by atoms with Crippen LogP contribution in [0.25, 0.3) is 0 Å². The maximum absolute atomic E-state index is 5.55. The molecule has 3 heterocycles. The number of morpholine rings is 1. The number of hydrogen-bond donors (Lipinski definition) is 0. The van der Waals surface area contributed by atoms with Crippen molar-refractivity contribution in [1.82, 2.24) is 9.88 Å². The third kappa shape index (κ3) is 2.56. The smallest absolute Gasteiger partial charge is 0.128 e. The molecule has 0 saturated carbocycles. The highest BCUT2D eigenvalue weighted by atomic mass is 127. The lowest BCUT2D eigenvalue weighted by Crippen LogP contribution is -2.58. The Balaban J connectivity index is 1.71. The molecule has 0 radical (unpaired) electrons. The lowest BCUT2D eigenvalue weighted by molar-refractivity contribution is -0.0117. The van der Waals surface area contributed by atoms with Gasteiger partial charge >= 0.3 is 0 Å². The summed E-state index contributed by atoms with van der Waals surface area (Å²) in [7, 11) is 0. The molecule has 1 aromatic heterocycles. The first-order valence-corrected chi connectivity index (χ1v) is 7.09. The molecule has 0 N–H and O–H groups in total. The summed E-state index contributed by atoms with van der Waals surface area (Å²) in [5.41, 5.74) is 0. The Morgan fingerprint density at radius 3 is 3.06 bits per heavy atom. The summed E-state index contributed by atoms with van der Waals surface area (Å²) in [6.45, 7) is 6.07. The van der Waals surface area contributed by atoms with E-state index in [9.17, 15) is 0 Å². The first-order chi connectivity index (χ1) is 8.33. The summed E-state index contributed by atoms with van der Waals surface area (Å²) in [5.74, 6) is 1.09. The van der Waals surface area contributed by atoms with Crippen molar-refractivity contribution >= 4 is 28.4 Å². The second kappa shape index (κ2) is 5.07. The third-order valence-corrected chi connectivity index (χ3v) is 4.11. The number of hydrogen-bond acceptors (Lipinski definition) is 4. The fourth-order valence-corrected chi connectivity index (χ4v) is 2.83. The number of rotatable bonds is 1. The summed E-state index contributed by atoms with van der Waals surface area (Å²) >= 11 is 2.29. The monoisotopic (exact) mass is 345 g/mol. The van der Waals surface area contributed by atoms with Gasteiger partial charge in [0.05, 0.1) is 19.3 Å². The molecule has 0 bridgehead atoms. The average molecular weight is 345 g/mol. The van der Waals surface area contributed by atoms with Gasteiger partial charge in [-0.2, -0.15) is 0 Å². The zero-order chi connectivity index (χ0) is 11.7. The van der Waals surface area contributed by atoms with Crippen LogP contribution in [0.3, 0.4) is 0 Å². The zero-order valence-corrected chi connectivity index (χ0v) is 11.8. The van der Waals surface area contributed by atoms with E-state index < -0.39 is 0 Å². The third-order valence-electron chi connectivity index (χ3n) is 3.47. The molecule has 2 aliphatic rings. The van der Waals surface area contributed by atoms with Crippen molar-refractivity contribution in [2.24, 2.45) is 0 Å². The van der Waals surface area contributed by atoms with Crippen LogP contribution in [-0.2, 0) is 4.74 Å². The summed E-state index contributed by atoms with van der Waals surface area (Å²) in [5, 5.41) is 0. The Bertz CT molecular complexity index is 384. The van der Waals surface area contributed by atoms with Crippen LogP contribution in [-0.4, -0.2) is 55.3 Å². The minimum atomic E-state index is 0.540. The Kier molecular flexibility index (Phi) is 3.49. The van der Waals surface area contributed by atoms with Crippen molar-refractivity contribution in [3.63, 3.8) is 0 Å². The van der Waals surface area contributed by atoms with Gasteiger partial charge in [-0.25, -0.2) is 4.98 Å². The van der Waals surface area contributed by atoms with Gasteiger partial charge in [-0.05, 0) is 34.7 Å². The van der Waals surface area contributed by atoms with Crippen molar-refractivity contribution in [3.8, 4) is 0 Å². The van der Waals surface area contributed by atoms with Crippen LogP contribution in [0.2, 0.25) is 0 Å². The fourth-order valence-electron chi connectivity index (χ4n) is 2.51. The first-order valence-electron chi connectivity index (χ1n) is 6.01. The van der Waals surface area contributed by atoms with E-state index in [1.165, 1.54) is 3.57 Å². The molecule has 4 nitrogen and oxygen atoms in total. The van der Waals surface area contributed by atoms with E-state index >= 15 is 0 Å². The Hall–Kier alpha value is -0.400. The maximum atomic E-state index is 5.55. The van der Waals surface area contributed by atoms with Crippen molar-refractivity contribution in [1.29, 1.82) is 0 Å². The van der Waals surface area contributed by atoms with Gasteiger partial charge in [0.15, 0.2) is 0 Å². The molecule has 1 aromatic rings. The second-order valence-electron chi connectivity index (χ2n) is 4.55. The molecule has 1 unspecified atom stereocenters. The van der Waals surface area contributed by atoms with Gasteiger partial charge in [0.25, 0.3) is 0 Å². The van der Waals surface area contributed by atoms with Crippen molar-refractivity contribution in [2.75, 3.05) is 44.3 Å². The SMILES string of the molecule is Ic1ccc(N2CCN3CCOCC3C2)nc1. The number of ether oxygens (including phenoxy) is 1. The van der Waals surface area contributed by atoms with E-state index in [4.69, 9.17) is 4.74 Å². The minimum absolute atomic E-state index is 0.540. The molecule has 0 amide bonds. The molecule has 5 heteroatoms. The largest absolute Gasteiger partial charge is 0.378 e. The highest BCUT2D eigenvalue weighted by Gasteiger charge is 2.29. The Labute approximate surface area is 115 Å². The number of piperazine rings is 1. The number of pyridine rings is 1. The number of aromatic nitrogens is 1. The molecular weight excluding hydrogens is 329 g/mol. The predicted molar refractivity (Wildman–Crippen MR) is 75.3 cm³/mol. The first kappa shape index (κ1) is 11.7. The summed E-state index contributed by atoms with van der Waals surface area (Å²) < 4.78 is 6.74. The van der Waals surface area contributed by atoms with E-state index in [0.717, 1.165) is 45.2 Å². The van der Waals surface area contributed by atoms with Crippen molar-refractivity contribution in [2.45, 2.75) is 6.04 Å². The maximum Gasteiger partial charge on any atom is 0.128 e. The van der Waals surface area contributed by atoms with E-state index in [2.05, 4.69) is 49.5 Å². The average Bonchev–Trinajstić information content (AvgIpc) is 2.39. The van der Waals surface area contributed by atoms with Gasteiger partial charge < -0.3 is 9.64 Å². The topological polar surface area (TPSA) is 28.6 Å². The molecule has 92 valence electrons. The molecule has 2 fully saturated rings. The quantitative estimate of drug-likeness (QED) is 0.716. The lowest BCUT2D eigenvalue weighted by atomic mass is 10.1. The van der Waals surface area contributed by atoms with Gasteiger partial charge in [0.2, 0.25) is 0 Å². The molecule has 1 atom stereocenters. The zero-order valence-electron chi connectivity index (χ0n) is 9.68. The van der Waals surface area contributed by atoms with Crippen LogP contribution in [0, 0.1) is 3.57 Å². The van der Waals surface area contributed by atoms with Crippen LogP contribution in [0.1, 0.15) is 0 Å². The lowest BCUT2D eigenvalue weighted by Gasteiger charge is -2.44. The van der Waals surface area contributed by atoms with Gasteiger partial charge in [0, 0.05) is 35.9 Å². The summed E-state index contributed by atoms with van der Waals surface area (Å²) in [6, 6.07) is 4.77. The number of halogens is 1. The van der Waals surface area contributed by atoms with Gasteiger partial charge in [-0.1, -0.05) is 0 Å². The van der Waals surface area contributed by atoms with Gasteiger partial charge in [-0.3, -0.25) is 4.90 Å². The molecular formula is C12H16IN3O. The van der Waals surface area contributed by atoms with Gasteiger partial charge in [-0.15, -0.1) is 0 Å². The second-order valence-corrected chi connectivity index (χ2v) is 5.79. The Morgan fingerprint density at radius 2 is 2.24 bits per heavy atom. The Morgan fingerprint density at radius 1 is 1.29 bits per heavy atom. The molecule has 3 rings (SSSR count). The van der Waals surface area contributed by atoms with Crippen LogP contribution in [0.15, 0.2) is 18.3 Å². The van der Waals surface area contributed by atoms with Crippen LogP contribution >= 0.6 is 22.6 Å². The van der Waals surface area contributed by atoms with Gasteiger partial charge in [0.1, 0.15) is 5.82 Å². The fraction of sp³-hybridized carbons (Fsp3) is 0.583. The van der Waals surface area contributed by atoms with E-state index in [-0.39, 0.29) is 0 Å². The molecule has 0 aromatic carbocycles. The normalized spacial score (nSPS) is 25.7. The minimum Gasteiger partial charge on any atom is -0.378 e. The number of nitrogens with zero attached hydrogens (tertiary/aromatic N) is 3. The molecule has 0 aliphatic carbocycles. The predicted octanol–water partition coefficient (Wildman–Crippen LogP) is 1.21. The van der Waals surface area contributed by atoms with Crippen LogP contribution < -0.4 is 4.90 Å². The van der Waals surface area contributed by atoms with Crippen LogP contribution in [0.5, 0.6) is 0 Å². The van der Waals surface area contributed by atoms with E-state index in [0.29, 0.717) is 6.04 Å². The summed E-state index contributed by atoms with van der Waals surface area (Å²) in [6.07, 6.45) is 1.93. The molecule has 17 heavy (non-hydrogen) atoms. The van der Waals surface area contributed by atoms with E-state index in [1.54, 1.807) is 0 Å². The highest BCUT2D eigenvalue weighted by molar-refractivity contribution is 14.1. The van der Waals surface area contributed by atoms with Crippen LogP contribution in [0.4, 0.5) is 5.82 Å². The number of anilines is 1. The highest BCUT2D eigenvalue weighted by Crippen LogP contribution is 2.19. The van der Waals surface area contributed by atoms with E-state index in [1.807, 2.05) is 6.20 Å².